The molecule has 1 heterocycles. The summed E-state index contributed by atoms with van der Waals surface area (Å²) in [4.78, 5) is 6.69. The van der Waals surface area contributed by atoms with Gasteiger partial charge in [0.25, 0.3) is 10.0 Å². The van der Waals surface area contributed by atoms with E-state index in [9.17, 15) is 26.0 Å². The summed E-state index contributed by atoms with van der Waals surface area (Å²) in [5.41, 5.74) is -1.66. The Kier molecular flexibility index (Phi) is 4.05. The fraction of sp³-hybridized carbons (Fsp3) is 0.167. The van der Waals surface area contributed by atoms with Crippen LogP contribution < -0.4 is 4.31 Å². The lowest BCUT2D eigenvalue weighted by Gasteiger charge is -2.18. The van der Waals surface area contributed by atoms with Gasteiger partial charge in [-0.3, -0.25) is 0 Å². The van der Waals surface area contributed by atoms with Gasteiger partial charge in [0.05, 0.1) is 10.5 Å². The maximum Gasteiger partial charge on any atom is 0.419 e. The lowest BCUT2D eigenvalue weighted by molar-refractivity contribution is -0.140. The first-order chi connectivity index (χ1) is 10.1. The van der Waals surface area contributed by atoms with E-state index >= 15 is 0 Å². The lowest BCUT2D eigenvalue weighted by atomic mass is 10.2. The highest BCUT2D eigenvalue weighted by Gasteiger charge is 2.36. The molecule has 0 radical (unpaired) electrons. The van der Waals surface area contributed by atoms with Crippen molar-refractivity contribution in [3.63, 3.8) is 0 Å². The molecule has 0 unspecified atom stereocenters. The van der Waals surface area contributed by atoms with E-state index in [0.717, 1.165) is 13.1 Å². The number of anilines is 1. The molecular formula is C12H9F4N3O2S. The molecular weight excluding hydrogens is 326 g/mol. The number of hydrogen-bond donors (Lipinski definition) is 0. The monoisotopic (exact) mass is 335 g/mol. The molecule has 2 aromatic rings. The van der Waals surface area contributed by atoms with Crippen molar-refractivity contribution in [3.8, 4) is 0 Å². The van der Waals surface area contributed by atoms with Crippen molar-refractivity contribution in [2.45, 2.75) is 11.1 Å². The Morgan fingerprint density at radius 1 is 1.14 bits per heavy atom. The average molecular weight is 335 g/mol. The molecule has 10 heteroatoms. The van der Waals surface area contributed by atoms with Gasteiger partial charge in [-0.1, -0.05) is 0 Å². The largest absolute Gasteiger partial charge is 0.419 e. The van der Waals surface area contributed by atoms with Gasteiger partial charge < -0.3 is 0 Å². The van der Waals surface area contributed by atoms with Crippen molar-refractivity contribution in [2.24, 2.45) is 0 Å². The predicted molar refractivity (Wildman–Crippen MR) is 69.0 cm³/mol. The second-order valence-electron chi connectivity index (χ2n) is 4.16. The fourth-order valence-electron chi connectivity index (χ4n) is 1.60. The SMILES string of the molecule is CN(c1ncccn1)S(=O)(=O)c1ccc(F)c(C(F)(F)F)c1. The second kappa shape index (κ2) is 5.52. The molecule has 1 aromatic heterocycles. The third kappa shape index (κ3) is 3.01. The molecule has 0 saturated heterocycles. The van der Waals surface area contributed by atoms with Crippen molar-refractivity contribution in [1.29, 1.82) is 0 Å². The minimum absolute atomic E-state index is 0.222. The van der Waals surface area contributed by atoms with Gasteiger partial charge in [0.15, 0.2) is 0 Å². The predicted octanol–water partition coefficient (Wildman–Crippen LogP) is 2.46. The van der Waals surface area contributed by atoms with E-state index in [-0.39, 0.29) is 12.0 Å². The van der Waals surface area contributed by atoms with Crippen LogP contribution in [-0.4, -0.2) is 25.4 Å². The highest BCUT2D eigenvalue weighted by Crippen LogP contribution is 2.33. The standard InChI is InChI=1S/C12H9F4N3O2S/c1-19(11-17-5-2-6-18-11)22(20,21)8-3-4-10(13)9(7-8)12(14,15)16/h2-7H,1H3. The maximum absolute atomic E-state index is 13.2. The Morgan fingerprint density at radius 3 is 2.27 bits per heavy atom. The number of nitrogens with zero attached hydrogens (tertiary/aromatic N) is 3. The van der Waals surface area contributed by atoms with Crippen LogP contribution in [0.15, 0.2) is 41.6 Å². The van der Waals surface area contributed by atoms with Gasteiger partial charge in [0, 0.05) is 19.4 Å². The summed E-state index contributed by atoms with van der Waals surface area (Å²) in [5, 5.41) is 0. The summed E-state index contributed by atoms with van der Waals surface area (Å²) in [7, 11) is -3.27. The summed E-state index contributed by atoms with van der Waals surface area (Å²) in [6.07, 6.45) is -2.45. The molecule has 0 saturated carbocycles. The van der Waals surface area contributed by atoms with E-state index in [1.54, 1.807) is 0 Å². The molecule has 118 valence electrons. The zero-order valence-electron chi connectivity index (χ0n) is 11.0. The van der Waals surface area contributed by atoms with Crippen molar-refractivity contribution in [3.05, 3.63) is 48.0 Å². The van der Waals surface area contributed by atoms with Crippen molar-refractivity contribution in [1.82, 2.24) is 9.97 Å². The van der Waals surface area contributed by atoms with E-state index < -0.39 is 32.5 Å². The fourth-order valence-corrected chi connectivity index (χ4v) is 2.73. The van der Waals surface area contributed by atoms with E-state index in [2.05, 4.69) is 9.97 Å². The van der Waals surface area contributed by atoms with Crippen molar-refractivity contribution in [2.75, 3.05) is 11.4 Å². The minimum Gasteiger partial charge on any atom is -0.237 e. The van der Waals surface area contributed by atoms with Crippen molar-refractivity contribution >= 4 is 16.0 Å². The molecule has 0 spiro atoms. The molecule has 0 fully saturated rings. The molecule has 22 heavy (non-hydrogen) atoms. The van der Waals surface area contributed by atoms with Crippen LogP contribution in [-0.2, 0) is 16.2 Å². The third-order valence-corrected chi connectivity index (χ3v) is 4.47. The molecule has 0 atom stereocenters. The van der Waals surface area contributed by atoms with E-state index in [0.29, 0.717) is 10.4 Å². The van der Waals surface area contributed by atoms with Gasteiger partial charge >= 0.3 is 6.18 Å². The Hall–Kier alpha value is -2.23. The van der Waals surface area contributed by atoms with E-state index in [1.165, 1.54) is 18.5 Å². The number of alkyl halides is 3. The van der Waals surface area contributed by atoms with Crippen LogP contribution in [0.1, 0.15) is 5.56 Å². The van der Waals surface area contributed by atoms with Gasteiger partial charge in [-0.15, -0.1) is 0 Å². The van der Waals surface area contributed by atoms with Gasteiger partial charge in [-0.25, -0.2) is 27.1 Å². The number of rotatable bonds is 3. The molecule has 0 aliphatic heterocycles. The first kappa shape index (κ1) is 16.1. The van der Waals surface area contributed by atoms with Crippen LogP contribution in [0.25, 0.3) is 0 Å². The summed E-state index contributed by atoms with van der Waals surface area (Å²) in [5.74, 6) is -1.77. The highest BCUT2D eigenvalue weighted by molar-refractivity contribution is 7.92. The molecule has 0 amide bonds. The number of hydrogen-bond acceptors (Lipinski definition) is 4. The lowest BCUT2D eigenvalue weighted by Crippen LogP contribution is -2.28. The Bertz CT molecular complexity index is 779. The highest BCUT2D eigenvalue weighted by atomic mass is 32.2. The second-order valence-corrected chi connectivity index (χ2v) is 6.13. The third-order valence-electron chi connectivity index (χ3n) is 2.74. The molecule has 5 nitrogen and oxygen atoms in total. The molecule has 1 aromatic carbocycles. The summed E-state index contributed by atoms with van der Waals surface area (Å²) < 4.78 is 76.4. The smallest absolute Gasteiger partial charge is 0.237 e. The summed E-state index contributed by atoms with van der Waals surface area (Å²) >= 11 is 0. The first-order valence-corrected chi connectivity index (χ1v) is 7.21. The Labute approximate surface area is 123 Å². The number of halogens is 4. The van der Waals surface area contributed by atoms with Gasteiger partial charge in [0.1, 0.15) is 5.82 Å². The van der Waals surface area contributed by atoms with Crippen LogP contribution in [0.5, 0.6) is 0 Å². The number of benzene rings is 1. The van der Waals surface area contributed by atoms with Crippen LogP contribution >= 0.6 is 0 Å². The Morgan fingerprint density at radius 2 is 1.73 bits per heavy atom. The van der Waals surface area contributed by atoms with E-state index in [1.807, 2.05) is 0 Å². The summed E-state index contributed by atoms with van der Waals surface area (Å²) in [6, 6.07) is 2.89. The summed E-state index contributed by atoms with van der Waals surface area (Å²) in [6.45, 7) is 0. The van der Waals surface area contributed by atoms with Gasteiger partial charge in [0.2, 0.25) is 5.95 Å². The Balaban J connectivity index is 2.51. The first-order valence-electron chi connectivity index (χ1n) is 5.77. The zero-order chi connectivity index (χ0) is 16.5. The quantitative estimate of drug-likeness (QED) is 0.809. The van der Waals surface area contributed by atoms with Crippen LogP contribution in [0, 0.1) is 5.82 Å². The topological polar surface area (TPSA) is 63.2 Å². The molecule has 0 N–H and O–H groups in total. The average Bonchev–Trinajstić information content (AvgIpc) is 2.46. The van der Waals surface area contributed by atoms with Gasteiger partial charge in [-0.05, 0) is 24.3 Å². The zero-order valence-corrected chi connectivity index (χ0v) is 11.9. The molecule has 0 aliphatic carbocycles. The molecule has 0 bridgehead atoms. The van der Waals surface area contributed by atoms with Crippen molar-refractivity contribution < 1.29 is 26.0 Å². The van der Waals surface area contributed by atoms with Gasteiger partial charge in [-0.2, -0.15) is 13.2 Å². The maximum atomic E-state index is 13.2. The van der Waals surface area contributed by atoms with Crippen LogP contribution in [0.2, 0.25) is 0 Å². The normalized spacial score (nSPS) is 12.2. The molecule has 2 rings (SSSR count). The molecule has 0 aliphatic rings. The number of aromatic nitrogens is 2. The number of sulfonamides is 1. The van der Waals surface area contributed by atoms with Crippen LogP contribution in [0.4, 0.5) is 23.5 Å². The van der Waals surface area contributed by atoms with Crippen LogP contribution in [0.3, 0.4) is 0 Å². The minimum atomic E-state index is -5.00. The van der Waals surface area contributed by atoms with E-state index in [4.69, 9.17) is 0 Å².